The Bertz CT molecular complexity index is 434. The normalized spacial score (nSPS) is 15.9. The predicted octanol–water partition coefficient (Wildman–Crippen LogP) is 2.49. The zero-order chi connectivity index (χ0) is 10.3. The highest BCUT2D eigenvalue weighted by Gasteiger charge is 2.31. The molecule has 0 N–H and O–H groups in total. The van der Waals surface area contributed by atoms with Gasteiger partial charge >= 0.3 is 0 Å². The van der Waals surface area contributed by atoms with E-state index < -0.39 is 22.4 Å². The molecule has 0 aliphatic heterocycles. The summed E-state index contributed by atoms with van der Waals surface area (Å²) in [7, 11) is 0. The molecule has 0 saturated carbocycles. The Morgan fingerprint density at radius 3 is 2.07 bits per heavy atom. The molecular weight excluding hydrogens is 207 g/mol. The van der Waals surface area contributed by atoms with Gasteiger partial charge in [0.25, 0.3) is 0 Å². The zero-order valence-electron chi connectivity index (χ0n) is 6.88. The Labute approximate surface area is 84.0 Å². The maximum absolute atomic E-state index is 13.1. The third kappa shape index (κ3) is 1.09. The summed E-state index contributed by atoms with van der Waals surface area (Å²) in [5, 5.41) is -0.631. The molecule has 1 aromatic rings. The highest BCUT2D eigenvalue weighted by Crippen LogP contribution is 2.28. The van der Waals surface area contributed by atoms with Crippen molar-refractivity contribution >= 4 is 23.2 Å². The lowest BCUT2D eigenvalue weighted by atomic mass is 9.94. The SMILES string of the molecule is O=C1C(F)=C(Cl)C(=O)c2ccccc21. The first-order chi connectivity index (χ1) is 6.63. The number of allylic oxidation sites excluding steroid dienone is 2. The van der Waals surface area contributed by atoms with Crippen molar-refractivity contribution < 1.29 is 14.0 Å². The van der Waals surface area contributed by atoms with Crippen LogP contribution in [0.5, 0.6) is 0 Å². The molecule has 70 valence electrons. The number of hydrogen-bond donors (Lipinski definition) is 0. The highest BCUT2D eigenvalue weighted by atomic mass is 35.5. The summed E-state index contributed by atoms with van der Waals surface area (Å²) in [5.74, 6) is -2.64. The number of halogens is 2. The van der Waals surface area contributed by atoms with E-state index in [1.807, 2.05) is 0 Å². The Balaban J connectivity index is 2.73. The van der Waals surface area contributed by atoms with Crippen LogP contribution in [0, 0.1) is 0 Å². The third-order valence-corrected chi connectivity index (χ3v) is 2.35. The molecule has 2 nitrogen and oxygen atoms in total. The number of hydrogen-bond acceptors (Lipinski definition) is 2. The quantitative estimate of drug-likeness (QED) is 0.659. The van der Waals surface area contributed by atoms with Crippen LogP contribution < -0.4 is 0 Å². The van der Waals surface area contributed by atoms with Crippen molar-refractivity contribution in [1.82, 2.24) is 0 Å². The van der Waals surface area contributed by atoms with Gasteiger partial charge in [0.1, 0.15) is 5.03 Å². The van der Waals surface area contributed by atoms with Gasteiger partial charge in [-0.3, -0.25) is 9.59 Å². The Hall–Kier alpha value is -1.48. The summed E-state index contributed by atoms with van der Waals surface area (Å²) < 4.78 is 13.1. The van der Waals surface area contributed by atoms with Crippen LogP contribution in [-0.4, -0.2) is 11.6 Å². The maximum atomic E-state index is 13.1. The van der Waals surface area contributed by atoms with E-state index in [9.17, 15) is 14.0 Å². The van der Waals surface area contributed by atoms with Crippen molar-refractivity contribution in [3.63, 3.8) is 0 Å². The van der Waals surface area contributed by atoms with Crippen molar-refractivity contribution in [3.8, 4) is 0 Å². The van der Waals surface area contributed by atoms with E-state index in [4.69, 9.17) is 11.6 Å². The molecule has 2 rings (SSSR count). The topological polar surface area (TPSA) is 34.1 Å². The molecule has 0 spiro atoms. The second-order valence-corrected chi connectivity index (χ2v) is 3.21. The summed E-state index contributed by atoms with van der Waals surface area (Å²) in [6.45, 7) is 0. The molecular formula is C10H4ClFO2. The fourth-order valence-corrected chi connectivity index (χ4v) is 1.50. The molecule has 1 aromatic carbocycles. The number of fused-ring (bicyclic) bond motifs is 1. The van der Waals surface area contributed by atoms with Crippen LogP contribution in [0.4, 0.5) is 4.39 Å². The minimum Gasteiger partial charge on any atom is -0.287 e. The lowest BCUT2D eigenvalue weighted by Crippen LogP contribution is -2.17. The molecule has 0 unspecified atom stereocenters. The second kappa shape index (κ2) is 3.03. The van der Waals surface area contributed by atoms with Crippen LogP contribution >= 0.6 is 11.6 Å². The third-order valence-electron chi connectivity index (χ3n) is 2.01. The van der Waals surface area contributed by atoms with Crippen molar-refractivity contribution in [3.05, 3.63) is 46.3 Å². The molecule has 0 bridgehead atoms. The van der Waals surface area contributed by atoms with Gasteiger partial charge in [0.05, 0.1) is 0 Å². The molecule has 0 aromatic heterocycles. The maximum Gasteiger partial charge on any atom is 0.223 e. The van der Waals surface area contributed by atoms with E-state index in [1.54, 1.807) is 12.1 Å². The number of ketones is 2. The van der Waals surface area contributed by atoms with Gasteiger partial charge in [0.15, 0.2) is 5.83 Å². The minimum absolute atomic E-state index is 0.0689. The lowest BCUT2D eigenvalue weighted by Gasteiger charge is -2.11. The number of carbonyl (C=O) groups excluding carboxylic acids is 2. The standard InChI is InChI=1S/C10H4ClFO2/c11-7-8(12)10(14)6-4-2-1-3-5(6)9(7)13/h1-4H. The average molecular weight is 211 g/mol. The first-order valence-electron chi connectivity index (χ1n) is 3.86. The van der Waals surface area contributed by atoms with E-state index in [1.165, 1.54) is 12.1 Å². The van der Waals surface area contributed by atoms with E-state index in [0.29, 0.717) is 0 Å². The second-order valence-electron chi connectivity index (χ2n) is 2.83. The zero-order valence-corrected chi connectivity index (χ0v) is 7.64. The van der Waals surface area contributed by atoms with Gasteiger partial charge in [-0.05, 0) is 0 Å². The van der Waals surface area contributed by atoms with Gasteiger partial charge in [-0.1, -0.05) is 35.9 Å². The molecule has 14 heavy (non-hydrogen) atoms. The van der Waals surface area contributed by atoms with Crippen molar-refractivity contribution in [2.24, 2.45) is 0 Å². The monoisotopic (exact) mass is 210 g/mol. The first kappa shape index (κ1) is 9.09. The highest BCUT2D eigenvalue weighted by molar-refractivity contribution is 6.49. The van der Waals surface area contributed by atoms with Crippen LogP contribution in [0.15, 0.2) is 35.1 Å². The van der Waals surface area contributed by atoms with Crippen molar-refractivity contribution in [2.75, 3.05) is 0 Å². The van der Waals surface area contributed by atoms with Crippen LogP contribution in [0.1, 0.15) is 20.7 Å². The molecule has 0 radical (unpaired) electrons. The van der Waals surface area contributed by atoms with Gasteiger partial charge in [-0.2, -0.15) is 0 Å². The average Bonchev–Trinajstić information content (AvgIpc) is 2.23. The van der Waals surface area contributed by atoms with E-state index in [0.717, 1.165) is 0 Å². The van der Waals surface area contributed by atoms with Gasteiger partial charge in [0.2, 0.25) is 11.6 Å². The van der Waals surface area contributed by atoms with Crippen LogP contribution in [0.3, 0.4) is 0 Å². The predicted molar refractivity (Wildman–Crippen MR) is 49.1 cm³/mol. The Morgan fingerprint density at radius 2 is 1.50 bits per heavy atom. The van der Waals surface area contributed by atoms with E-state index in [2.05, 4.69) is 0 Å². The van der Waals surface area contributed by atoms with Crippen LogP contribution in [0.25, 0.3) is 0 Å². The Kier molecular flexibility index (Phi) is 1.97. The molecule has 1 aliphatic carbocycles. The van der Waals surface area contributed by atoms with Gasteiger partial charge in [0, 0.05) is 11.1 Å². The molecule has 0 amide bonds. The van der Waals surface area contributed by atoms with Crippen molar-refractivity contribution in [1.29, 1.82) is 0 Å². The van der Waals surface area contributed by atoms with Gasteiger partial charge in [-0.25, -0.2) is 4.39 Å². The van der Waals surface area contributed by atoms with Crippen LogP contribution in [0.2, 0.25) is 0 Å². The van der Waals surface area contributed by atoms with Crippen LogP contribution in [-0.2, 0) is 0 Å². The number of Topliss-reactive ketones (excluding diaryl/α,β-unsaturated/α-hetero) is 2. The van der Waals surface area contributed by atoms with E-state index >= 15 is 0 Å². The van der Waals surface area contributed by atoms with Gasteiger partial charge in [-0.15, -0.1) is 0 Å². The summed E-state index contributed by atoms with van der Waals surface area (Å²) in [6, 6.07) is 6.01. The first-order valence-corrected chi connectivity index (χ1v) is 4.24. The fraction of sp³-hybridized carbons (Fsp3) is 0. The van der Waals surface area contributed by atoms with Gasteiger partial charge < -0.3 is 0 Å². The summed E-state index contributed by atoms with van der Waals surface area (Å²) in [5.41, 5.74) is 0.225. The number of carbonyl (C=O) groups is 2. The lowest BCUT2D eigenvalue weighted by molar-refractivity contribution is 0.0959. The molecule has 1 aliphatic rings. The number of rotatable bonds is 0. The fourth-order valence-electron chi connectivity index (χ4n) is 1.31. The molecule has 4 heteroatoms. The molecule has 0 atom stereocenters. The minimum atomic E-state index is -1.17. The molecule has 0 saturated heterocycles. The summed E-state index contributed by atoms with van der Waals surface area (Å²) in [4.78, 5) is 22.7. The summed E-state index contributed by atoms with van der Waals surface area (Å²) >= 11 is 5.37. The van der Waals surface area contributed by atoms with Crippen molar-refractivity contribution in [2.45, 2.75) is 0 Å². The summed E-state index contributed by atoms with van der Waals surface area (Å²) in [6.07, 6.45) is 0. The molecule has 0 fully saturated rings. The Morgan fingerprint density at radius 1 is 1.00 bits per heavy atom. The smallest absolute Gasteiger partial charge is 0.223 e. The molecule has 0 heterocycles. The van der Waals surface area contributed by atoms with E-state index in [-0.39, 0.29) is 11.1 Å². The number of benzene rings is 1. The largest absolute Gasteiger partial charge is 0.287 e.